The molecule has 0 spiro atoms. The Morgan fingerprint density at radius 3 is 2.11 bits per heavy atom. The van der Waals surface area contributed by atoms with Crippen LogP contribution in [0.4, 0.5) is 9.57 Å². The van der Waals surface area contributed by atoms with Gasteiger partial charge in [0.2, 0.25) is 5.36 Å². The van der Waals surface area contributed by atoms with Crippen LogP contribution in [-0.2, 0) is 20.3 Å². The van der Waals surface area contributed by atoms with E-state index in [4.69, 9.17) is 4.42 Å². The van der Waals surface area contributed by atoms with E-state index in [0.717, 1.165) is 49.4 Å². The van der Waals surface area contributed by atoms with Gasteiger partial charge in [0.15, 0.2) is 0 Å². The minimum atomic E-state index is -5.41. The maximum absolute atomic E-state index is 14.6. The Balaban J connectivity index is 2.19. The SMILES string of the molecule is CCN(CC)c1ccc2c(-c3ccc(S(=O)(=O)[O-])cc3S(=O)(=O)F)c3ccc(=[N+](CC)CC)cc-3oc2c1. The highest BCUT2D eigenvalue weighted by molar-refractivity contribution is 7.87. The van der Waals surface area contributed by atoms with Gasteiger partial charge < -0.3 is 13.9 Å². The molecule has 2 aromatic rings. The van der Waals surface area contributed by atoms with E-state index in [-0.39, 0.29) is 5.56 Å². The van der Waals surface area contributed by atoms with Crippen molar-refractivity contribution in [3.05, 3.63) is 60.0 Å². The van der Waals surface area contributed by atoms with E-state index in [0.29, 0.717) is 33.9 Å². The number of nitrogens with zero attached hydrogens (tertiary/aromatic N) is 2. The lowest BCUT2D eigenvalue weighted by molar-refractivity contribution is 0.463. The van der Waals surface area contributed by atoms with E-state index in [1.54, 1.807) is 12.1 Å². The Labute approximate surface area is 222 Å². The van der Waals surface area contributed by atoms with Crippen molar-refractivity contribution in [2.45, 2.75) is 37.5 Å². The van der Waals surface area contributed by atoms with Gasteiger partial charge in [-0.15, -0.1) is 3.89 Å². The van der Waals surface area contributed by atoms with Crippen LogP contribution in [-0.4, -0.2) is 47.6 Å². The third-order valence-corrected chi connectivity index (χ3v) is 8.41. The second kappa shape index (κ2) is 10.5. The van der Waals surface area contributed by atoms with Gasteiger partial charge in [0.05, 0.1) is 11.0 Å². The minimum Gasteiger partial charge on any atom is -0.744 e. The monoisotopic (exact) mass is 560 g/mol. The highest BCUT2D eigenvalue weighted by atomic mass is 32.3. The largest absolute Gasteiger partial charge is 0.744 e. The molecule has 0 N–H and O–H groups in total. The van der Waals surface area contributed by atoms with Gasteiger partial charge in [-0.1, -0.05) is 6.07 Å². The summed E-state index contributed by atoms with van der Waals surface area (Å²) in [5, 5.41) is 1.40. The van der Waals surface area contributed by atoms with Gasteiger partial charge in [0, 0.05) is 53.0 Å². The number of anilines is 1. The van der Waals surface area contributed by atoms with E-state index in [1.807, 2.05) is 52.0 Å². The number of fused-ring (bicyclic) bond motifs is 2. The predicted octanol–water partition coefficient (Wildman–Crippen LogP) is 4.43. The molecule has 4 rings (SSSR count). The van der Waals surface area contributed by atoms with E-state index >= 15 is 0 Å². The van der Waals surface area contributed by atoms with Gasteiger partial charge >= 0.3 is 10.2 Å². The summed E-state index contributed by atoms with van der Waals surface area (Å²) in [5.41, 5.74) is 2.12. The minimum absolute atomic E-state index is 0.0723. The molecule has 11 heteroatoms. The summed E-state index contributed by atoms with van der Waals surface area (Å²) in [7, 11) is -10.4. The van der Waals surface area contributed by atoms with E-state index < -0.39 is 30.1 Å². The van der Waals surface area contributed by atoms with Gasteiger partial charge in [-0.05, 0) is 58.0 Å². The standard InChI is InChI=1S/C27H29FN2O6S2/c1-5-29(6-2)18-9-12-21-24(15-18)36-25-16-19(30(7-3)8-4)10-13-22(25)27(21)23-14-11-20(38(33,34)35)17-26(23)37(28,31)32/h9-17H,5-8H2,1-4H3. The van der Waals surface area contributed by atoms with Crippen LogP contribution in [0, 0.1) is 0 Å². The van der Waals surface area contributed by atoms with Crippen molar-refractivity contribution in [3.63, 3.8) is 0 Å². The number of hydrogen-bond acceptors (Lipinski definition) is 7. The zero-order valence-corrected chi connectivity index (χ0v) is 23.2. The molecule has 0 unspecified atom stereocenters. The average molecular weight is 561 g/mol. The van der Waals surface area contributed by atoms with Crippen LogP contribution in [0.25, 0.3) is 33.4 Å². The Hall–Kier alpha value is -3.28. The molecule has 8 nitrogen and oxygen atoms in total. The van der Waals surface area contributed by atoms with Gasteiger partial charge in [-0.3, -0.25) is 0 Å². The molecule has 0 amide bonds. The molecular formula is C27H29FN2O6S2. The fraction of sp³-hybridized carbons (Fsp3) is 0.296. The first kappa shape index (κ1) is 27.7. The fourth-order valence-corrected chi connectivity index (χ4v) is 6.07. The van der Waals surface area contributed by atoms with Crippen LogP contribution in [0.15, 0.2) is 68.8 Å². The molecule has 0 atom stereocenters. The van der Waals surface area contributed by atoms with Crippen LogP contribution in [0.1, 0.15) is 27.7 Å². The van der Waals surface area contributed by atoms with Crippen LogP contribution in [0.5, 0.6) is 0 Å². The van der Waals surface area contributed by atoms with Gasteiger partial charge in [-0.25, -0.2) is 13.0 Å². The number of benzene rings is 3. The highest BCUT2D eigenvalue weighted by Gasteiger charge is 2.26. The molecule has 0 fully saturated rings. The Kier molecular flexibility index (Phi) is 7.64. The zero-order valence-electron chi connectivity index (χ0n) is 21.6. The molecule has 38 heavy (non-hydrogen) atoms. The van der Waals surface area contributed by atoms with Gasteiger partial charge in [-0.2, -0.15) is 8.42 Å². The molecule has 1 heterocycles. The zero-order chi connectivity index (χ0) is 27.8. The molecule has 1 aliphatic carbocycles. The van der Waals surface area contributed by atoms with Crippen LogP contribution < -0.4 is 14.8 Å². The third kappa shape index (κ3) is 5.18. The first-order valence-electron chi connectivity index (χ1n) is 12.3. The number of halogens is 1. The molecule has 0 saturated carbocycles. The maximum Gasteiger partial charge on any atom is 0.332 e. The van der Waals surface area contributed by atoms with Crippen molar-refractivity contribution >= 4 is 37.0 Å². The summed E-state index contributed by atoms with van der Waals surface area (Å²) in [6.45, 7) is 11.1. The van der Waals surface area contributed by atoms with Crippen molar-refractivity contribution < 1.29 is 29.7 Å². The summed E-state index contributed by atoms with van der Waals surface area (Å²) in [5.74, 6) is 0.441. The second-order valence-electron chi connectivity index (χ2n) is 8.73. The molecule has 0 bridgehead atoms. The van der Waals surface area contributed by atoms with E-state index in [2.05, 4.69) is 9.48 Å². The first-order valence-corrected chi connectivity index (χ1v) is 15.1. The fourth-order valence-electron chi connectivity index (χ4n) is 4.80. The van der Waals surface area contributed by atoms with Gasteiger partial charge in [0.1, 0.15) is 39.4 Å². The van der Waals surface area contributed by atoms with E-state index in [1.165, 1.54) is 0 Å². The summed E-state index contributed by atoms with van der Waals surface area (Å²) >= 11 is 0. The lowest BCUT2D eigenvalue weighted by atomic mass is 9.93. The second-order valence-corrected chi connectivity index (χ2v) is 11.4. The smallest absolute Gasteiger partial charge is 0.332 e. The van der Waals surface area contributed by atoms with Crippen LogP contribution in [0.3, 0.4) is 0 Å². The number of hydrogen-bond donors (Lipinski definition) is 0. The lowest BCUT2D eigenvalue weighted by Gasteiger charge is -2.22. The normalized spacial score (nSPS) is 12.3. The predicted molar refractivity (Wildman–Crippen MR) is 144 cm³/mol. The van der Waals surface area contributed by atoms with Crippen molar-refractivity contribution in [3.8, 4) is 22.5 Å². The summed E-state index contributed by atoms with van der Waals surface area (Å²) in [6.07, 6.45) is 0. The maximum atomic E-state index is 14.6. The van der Waals surface area contributed by atoms with Crippen molar-refractivity contribution in [1.29, 1.82) is 0 Å². The van der Waals surface area contributed by atoms with Crippen molar-refractivity contribution in [1.82, 2.24) is 4.58 Å². The van der Waals surface area contributed by atoms with E-state index in [9.17, 15) is 25.3 Å². The average Bonchev–Trinajstić information content (AvgIpc) is 2.87. The lowest BCUT2D eigenvalue weighted by Crippen LogP contribution is -2.29. The Bertz CT molecular complexity index is 1770. The molecule has 202 valence electrons. The topological polar surface area (TPSA) is 111 Å². The molecule has 2 aromatic carbocycles. The van der Waals surface area contributed by atoms with Crippen LogP contribution >= 0.6 is 0 Å². The Morgan fingerprint density at radius 1 is 0.868 bits per heavy atom. The number of rotatable bonds is 8. The summed E-state index contributed by atoms with van der Waals surface area (Å²) < 4.78 is 82.3. The van der Waals surface area contributed by atoms with Gasteiger partial charge in [0.25, 0.3) is 0 Å². The molecule has 0 radical (unpaired) electrons. The Morgan fingerprint density at radius 2 is 1.53 bits per heavy atom. The van der Waals surface area contributed by atoms with Crippen LogP contribution in [0.2, 0.25) is 0 Å². The first-order chi connectivity index (χ1) is 17.9. The quantitative estimate of drug-likeness (QED) is 0.136. The molecule has 0 aromatic heterocycles. The molecule has 1 aliphatic heterocycles. The third-order valence-electron chi connectivity index (χ3n) is 6.72. The molecule has 0 saturated heterocycles. The van der Waals surface area contributed by atoms with Crippen molar-refractivity contribution in [2.24, 2.45) is 0 Å². The molecular weight excluding hydrogens is 531 g/mol. The van der Waals surface area contributed by atoms with Crippen molar-refractivity contribution in [2.75, 3.05) is 31.1 Å². The summed E-state index contributed by atoms with van der Waals surface area (Å²) in [4.78, 5) is 0.388. The summed E-state index contributed by atoms with van der Waals surface area (Å²) in [6, 6.07) is 13.7. The molecule has 2 aliphatic rings. The highest BCUT2D eigenvalue weighted by Crippen LogP contribution is 2.43.